The molecule has 136 valence electrons. The third kappa shape index (κ3) is 3.15. The highest BCUT2D eigenvalue weighted by molar-refractivity contribution is 5.86. The molecule has 4 rings (SSSR count). The summed E-state index contributed by atoms with van der Waals surface area (Å²) < 4.78 is 11.7. The number of esters is 1. The van der Waals surface area contributed by atoms with Crippen LogP contribution in [0.4, 0.5) is 5.95 Å². The van der Waals surface area contributed by atoms with Gasteiger partial charge in [-0.05, 0) is 29.3 Å². The molecule has 1 atom stereocenters. The first-order chi connectivity index (χ1) is 13.2. The van der Waals surface area contributed by atoms with E-state index < -0.39 is 5.97 Å². The summed E-state index contributed by atoms with van der Waals surface area (Å²) in [5.41, 5.74) is 2.91. The van der Waals surface area contributed by atoms with Gasteiger partial charge in [-0.1, -0.05) is 42.5 Å². The summed E-state index contributed by atoms with van der Waals surface area (Å²) in [6.45, 7) is 0. The predicted molar refractivity (Wildman–Crippen MR) is 101 cm³/mol. The molecular formula is C20H18N4O3. The molecule has 2 heterocycles. The number of carbonyl (C=O) groups excluding carboxylic acids is 1. The third-order valence-corrected chi connectivity index (χ3v) is 4.38. The van der Waals surface area contributed by atoms with Crippen LogP contribution in [0.25, 0.3) is 5.70 Å². The van der Waals surface area contributed by atoms with Gasteiger partial charge in [-0.3, -0.25) is 0 Å². The molecule has 0 aliphatic carbocycles. The van der Waals surface area contributed by atoms with E-state index in [9.17, 15) is 4.79 Å². The van der Waals surface area contributed by atoms with Crippen LogP contribution in [0, 0.1) is 0 Å². The number of ether oxygens (including phenoxy) is 2. The minimum absolute atomic E-state index is 0.0150. The number of methoxy groups -OCH3 is 2. The Balaban J connectivity index is 1.81. The Hall–Kier alpha value is -3.61. The molecule has 3 aromatic rings. The molecule has 0 saturated carbocycles. The summed E-state index contributed by atoms with van der Waals surface area (Å²) in [4.78, 5) is 16.2. The number of fused-ring (bicyclic) bond motifs is 1. The van der Waals surface area contributed by atoms with Crippen LogP contribution in [0.5, 0.6) is 5.75 Å². The number of allylic oxidation sites excluding steroid dienone is 1. The molecule has 7 heteroatoms. The summed E-state index contributed by atoms with van der Waals surface area (Å²) in [6, 6.07) is 17.4. The number of nitrogens with zero attached hydrogens (tertiary/aromatic N) is 3. The van der Waals surface area contributed by atoms with Crippen LogP contribution in [0.1, 0.15) is 27.8 Å². The van der Waals surface area contributed by atoms with Gasteiger partial charge < -0.3 is 14.8 Å². The number of aromatic nitrogens is 3. The third-order valence-electron chi connectivity index (χ3n) is 4.38. The topological polar surface area (TPSA) is 78.3 Å². The molecule has 1 N–H and O–H groups in total. The van der Waals surface area contributed by atoms with Crippen molar-refractivity contribution in [2.45, 2.75) is 6.04 Å². The van der Waals surface area contributed by atoms with Crippen molar-refractivity contribution >= 4 is 17.6 Å². The van der Waals surface area contributed by atoms with Crippen molar-refractivity contribution in [3.63, 3.8) is 0 Å². The average Bonchev–Trinajstić information content (AvgIpc) is 3.17. The molecule has 0 saturated heterocycles. The fourth-order valence-corrected chi connectivity index (χ4v) is 3.00. The zero-order chi connectivity index (χ0) is 18.8. The van der Waals surface area contributed by atoms with Crippen LogP contribution in [0.15, 0.2) is 60.7 Å². The standard InChI is InChI=1S/C20H18N4O3/c1-26-15-10-8-14(9-11-15)17-12-16(13-6-4-3-5-7-13)21-20-22-18(19(25)27-2)23-24(17)20/h3-12,17H,1-2H3,(H,21,22,23)/t17-/m1/s1. The Kier molecular flexibility index (Phi) is 4.33. The highest BCUT2D eigenvalue weighted by Crippen LogP contribution is 2.33. The maximum atomic E-state index is 11.9. The Bertz CT molecular complexity index is 994. The second kappa shape index (κ2) is 6.95. The van der Waals surface area contributed by atoms with Crippen molar-refractivity contribution < 1.29 is 14.3 Å². The molecule has 1 aromatic heterocycles. The van der Waals surface area contributed by atoms with Gasteiger partial charge in [-0.2, -0.15) is 4.98 Å². The molecule has 0 bridgehead atoms. The molecule has 2 aromatic carbocycles. The molecule has 27 heavy (non-hydrogen) atoms. The summed E-state index contributed by atoms with van der Waals surface area (Å²) in [6.07, 6.45) is 2.06. The second-order valence-corrected chi connectivity index (χ2v) is 5.98. The highest BCUT2D eigenvalue weighted by Gasteiger charge is 2.27. The number of nitrogens with one attached hydrogen (secondary N) is 1. The summed E-state index contributed by atoms with van der Waals surface area (Å²) in [7, 11) is 2.94. The van der Waals surface area contributed by atoms with Crippen LogP contribution in [0.2, 0.25) is 0 Å². The van der Waals surface area contributed by atoms with Gasteiger partial charge in [0.25, 0.3) is 5.82 Å². The zero-order valence-corrected chi connectivity index (χ0v) is 14.9. The first-order valence-electron chi connectivity index (χ1n) is 8.42. The number of hydrogen-bond acceptors (Lipinski definition) is 6. The quantitative estimate of drug-likeness (QED) is 0.719. The van der Waals surface area contributed by atoms with Crippen molar-refractivity contribution in [3.05, 3.63) is 77.6 Å². The van der Waals surface area contributed by atoms with Gasteiger partial charge in [-0.15, -0.1) is 5.10 Å². The molecule has 1 aliphatic rings. The Morgan fingerprint density at radius 3 is 2.48 bits per heavy atom. The van der Waals surface area contributed by atoms with Crippen molar-refractivity contribution in [2.24, 2.45) is 0 Å². The van der Waals surface area contributed by atoms with E-state index in [0.717, 1.165) is 22.6 Å². The van der Waals surface area contributed by atoms with E-state index in [0.29, 0.717) is 5.95 Å². The first kappa shape index (κ1) is 16.8. The van der Waals surface area contributed by atoms with Gasteiger partial charge in [0, 0.05) is 5.70 Å². The van der Waals surface area contributed by atoms with Crippen LogP contribution < -0.4 is 10.1 Å². The lowest BCUT2D eigenvalue weighted by molar-refractivity contribution is 0.0586. The highest BCUT2D eigenvalue weighted by atomic mass is 16.5. The van der Waals surface area contributed by atoms with Gasteiger partial charge in [0.05, 0.1) is 14.2 Å². The molecular weight excluding hydrogens is 344 g/mol. The minimum atomic E-state index is -0.576. The van der Waals surface area contributed by atoms with Crippen LogP contribution in [0.3, 0.4) is 0 Å². The molecule has 1 aliphatic heterocycles. The van der Waals surface area contributed by atoms with E-state index in [1.165, 1.54) is 7.11 Å². The van der Waals surface area contributed by atoms with Crippen molar-refractivity contribution in [3.8, 4) is 5.75 Å². The van der Waals surface area contributed by atoms with Gasteiger partial charge in [-0.25, -0.2) is 9.48 Å². The van der Waals surface area contributed by atoms with Gasteiger partial charge in [0.15, 0.2) is 0 Å². The van der Waals surface area contributed by atoms with E-state index in [2.05, 4.69) is 21.5 Å². The van der Waals surface area contributed by atoms with Crippen molar-refractivity contribution in [1.29, 1.82) is 0 Å². The molecule has 7 nitrogen and oxygen atoms in total. The summed E-state index contributed by atoms with van der Waals surface area (Å²) >= 11 is 0. The van der Waals surface area contributed by atoms with E-state index >= 15 is 0 Å². The van der Waals surface area contributed by atoms with Crippen molar-refractivity contribution in [2.75, 3.05) is 19.5 Å². The Labute approximate surface area is 156 Å². The molecule has 0 spiro atoms. The Morgan fingerprint density at radius 1 is 1.07 bits per heavy atom. The lowest BCUT2D eigenvalue weighted by Gasteiger charge is -2.24. The molecule has 0 radical (unpaired) electrons. The molecule has 0 fully saturated rings. The smallest absolute Gasteiger partial charge is 0.378 e. The largest absolute Gasteiger partial charge is 0.497 e. The summed E-state index contributed by atoms with van der Waals surface area (Å²) in [5, 5.41) is 7.60. The zero-order valence-electron chi connectivity index (χ0n) is 14.9. The van der Waals surface area contributed by atoms with Crippen molar-refractivity contribution in [1.82, 2.24) is 14.8 Å². The van der Waals surface area contributed by atoms with E-state index in [-0.39, 0.29) is 11.9 Å². The van der Waals surface area contributed by atoms with Gasteiger partial charge >= 0.3 is 5.97 Å². The van der Waals surface area contributed by atoms with E-state index in [1.54, 1.807) is 11.8 Å². The summed E-state index contributed by atoms with van der Waals surface area (Å²) in [5.74, 6) is 0.696. The monoisotopic (exact) mass is 362 g/mol. The number of rotatable bonds is 4. The van der Waals surface area contributed by atoms with Crippen LogP contribution >= 0.6 is 0 Å². The number of anilines is 1. The molecule has 0 amide bonds. The minimum Gasteiger partial charge on any atom is -0.497 e. The second-order valence-electron chi connectivity index (χ2n) is 5.98. The number of benzene rings is 2. The maximum absolute atomic E-state index is 11.9. The lowest BCUT2D eigenvalue weighted by atomic mass is 10.0. The molecule has 0 unspecified atom stereocenters. The van der Waals surface area contributed by atoms with Crippen LogP contribution in [-0.4, -0.2) is 35.0 Å². The predicted octanol–water partition coefficient (Wildman–Crippen LogP) is 3.13. The van der Waals surface area contributed by atoms with E-state index in [4.69, 9.17) is 9.47 Å². The lowest BCUT2D eigenvalue weighted by Crippen LogP contribution is -2.20. The normalized spacial score (nSPS) is 15.3. The van der Waals surface area contributed by atoms with Crippen LogP contribution in [-0.2, 0) is 4.74 Å². The Morgan fingerprint density at radius 2 is 1.81 bits per heavy atom. The SMILES string of the molecule is COC(=O)c1nc2n(n1)[C@@H](c1ccc(OC)cc1)C=C(c1ccccc1)N2. The maximum Gasteiger partial charge on any atom is 0.378 e. The fraction of sp³-hybridized carbons (Fsp3) is 0.150. The first-order valence-corrected chi connectivity index (χ1v) is 8.42. The fourth-order valence-electron chi connectivity index (χ4n) is 3.00. The van der Waals surface area contributed by atoms with Gasteiger partial charge in [0.2, 0.25) is 5.95 Å². The van der Waals surface area contributed by atoms with Gasteiger partial charge in [0.1, 0.15) is 11.8 Å². The average molecular weight is 362 g/mol. The van der Waals surface area contributed by atoms with E-state index in [1.807, 2.05) is 54.6 Å². The number of hydrogen-bond donors (Lipinski definition) is 1. The number of carbonyl (C=O) groups is 1.